The number of nitro groups is 1. The van der Waals surface area contributed by atoms with Crippen LogP contribution in [0.5, 0.6) is 5.75 Å². The minimum Gasteiger partial charge on any atom is -0.487 e. The molecule has 0 fully saturated rings. The van der Waals surface area contributed by atoms with Gasteiger partial charge in [0.05, 0.1) is 11.5 Å². The maximum Gasteiger partial charge on any atom is 0.311 e. The summed E-state index contributed by atoms with van der Waals surface area (Å²) in [4.78, 5) is 32.6. The maximum absolute atomic E-state index is 11.9. The third-order valence-corrected chi connectivity index (χ3v) is 2.82. The summed E-state index contributed by atoms with van der Waals surface area (Å²) in [7, 11) is 0. The van der Waals surface area contributed by atoms with Gasteiger partial charge in [-0.05, 0) is 31.9 Å². The zero-order valence-electron chi connectivity index (χ0n) is 12.2. The van der Waals surface area contributed by atoms with Gasteiger partial charge in [-0.1, -0.05) is 0 Å². The first-order chi connectivity index (χ1) is 10.5. The summed E-state index contributed by atoms with van der Waals surface area (Å²) in [6, 6.07) is 4.00. The van der Waals surface area contributed by atoms with Gasteiger partial charge >= 0.3 is 11.7 Å². The van der Waals surface area contributed by atoms with Crippen LogP contribution in [0.25, 0.3) is 0 Å². The van der Waals surface area contributed by atoms with Gasteiger partial charge in [-0.3, -0.25) is 19.7 Å². The third-order valence-electron chi connectivity index (χ3n) is 2.82. The summed E-state index contributed by atoms with van der Waals surface area (Å²) in [6.07, 6.45) is 1.03. The van der Waals surface area contributed by atoms with Crippen molar-refractivity contribution in [3.63, 3.8) is 0 Å². The van der Waals surface area contributed by atoms with E-state index in [0.717, 1.165) is 6.07 Å². The normalized spacial score (nSPS) is 10.0. The molecule has 1 rings (SSSR count). The summed E-state index contributed by atoms with van der Waals surface area (Å²) in [6.45, 7) is 2.31. The number of carbonyl (C=O) groups excluding carboxylic acids is 1. The van der Waals surface area contributed by atoms with Gasteiger partial charge in [0.2, 0.25) is 0 Å². The Kier molecular flexibility index (Phi) is 6.81. The molecule has 0 radical (unpaired) electrons. The molecule has 8 heteroatoms. The number of carboxylic acids is 1. The van der Waals surface area contributed by atoms with E-state index in [0.29, 0.717) is 19.4 Å². The van der Waals surface area contributed by atoms with Gasteiger partial charge in [0.15, 0.2) is 5.75 Å². The highest BCUT2D eigenvalue weighted by Crippen LogP contribution is 2.27. The number of rotatable bonds is 9. The van der Waals surface area contributed by atoms with E-state index in [4.69, 9.17) is 9.84 Å². The van der Waals surface area contributed by atoms with Crippen molar-refractivity contribution in [3.05, 3.63) is 33.9 Å². The van der Waals surface area contributed by atoms with Gasteiger partial charge in [0.1, 0.15) is 0 Å². The molecule has 1 aromatic rings. The van der Waals surface area contributed by atoms with Crippen LogP contribution in [0.4, 0.5) is 5.69 Å². The average molecular weight is 310 g/mol. The maximum atomic E-state index is 11.9. The Labute approximate surface area is 127 Å². The van der Waals surface area contributed by atoms with Crippen LogP contribution < -0.4 is 10.1 Å². The Balaban J connectivity index is 2.63. The number of carboxylic acid groups (broad SMARTS) is 1. The predicted molar refractivity (Wildman–Crippen MR) is 78.1 cm³/mol. The molecule has 22 heavy (non-hydrogen) atoms. The fourth-order valence-corrected chi connectivity index (χ4v) is 1.78. The van der Waals surface area contributed by atoms with Crippen molar-refractivity contribution >= 4 is 17.6 Å². The second kappa shape index (κ2) is 8.60. The lowest BCUT2D eigenvalue weighted by molar-refractivity contribution is -0.385. The number of hydrogen-bond donors (Lipinski definition) is 2. The van der Waals surface area contributed by atoms with Crippen molar-refractivity contribution in [2.45, 2.75) is 26.2 Å². The Morgan fingerprint density at radius 3 is 2.68 bits per heavy atom. The topological polar surface area (TPSA) is 119 Å². The molecule has 0 spiro atoms. The minimum absolute atomic E-state index is 0.0460. The van der Waals surface area contributed by atoms with Crippen molar-refractivity contribution in [1.82, 2.24) is 5.32 Å². The fourth-order valence-electron chi connectivity index (χ4n) is 1.78. The Morgan fingerprint density at radius 2 is 2.09 bits per heavy atom. The summed E-state index contributed by atoms with van der Waals surface area (Å²) < 4.78 is 5.14. The smallest absolute Gasteiger partial charge is 0.311 e. The number of nitrogens with zero attached hydrogens (tertiary/aromatic N) is 1. The molecule has 0 bridgehead atoms. The van der Waals surface area contributed by atoms with E-state index in [1.807, 2.05) is 0 Å². The van der Waals surface area contributed by atoms with Crippen LogP contribution in [0.2, 0.25) is 0 Å². The molecule has 0 saturated carbocycles. The standard InChI is InChI=1S/C14H18N2O6/c1-2-22-12-7-6-10(9-11(12)16(20)21)14(19)15-8-4-3-5-13(17)18/h6-7,9H,2-5,8H2,1H3,(H,15,19)(H,17,18). The van der Waals surface area contributed by atoms with Crippen molar-refractivity contribution in [3.8, 4) is 5.75 Å². The van der Waals surface area contributed by atoms with Crippen LogP contribution in [0, 0.1) is 10.1 Å². The van der Waals surface area contributed by atoms with Gasteiger partial charge in [0.25, 0.3) is 5.91 Å². The second-order valence-corrected chi connectivity index (χ2v) is 4.48. The Hall–Kier alpha value is -2.64. The number of ether oxygens (including phenoxy) is 1. The van der Waals surface area contributed by atoms with E-state index in [-0.39, 0.29) is 30.0 Å². The van der Waals surface area contributed by atoms with Crippen LogP contribution in [0.3, 0.4) is 0 Å². The molecule has 0 aliphatic rings. The van der Waals surface area contributed by atoms with Crippen LogP contribution >= 0.6 is 0 Å². The largest absolute Gasteiger partial charge is 0.487 e. The summed E-state index contributed by atoms with van der Waals surface area (Å²) >= 11 is 0. The number of nitrogens with one attached hydrogen (secondary N) is 1. The number of aliphatic carboxylic acids is 1. The molecule has 120 valence electrons. The summed E-state index contributed by atoms with van der Waals surface area (Å²) in [5.41, 5.74) is -0.103. The molecular weight excluding hydrogens is 292 g/mol. The molecule has 0 heterocycles. The molecular formula is C14H18N2O6. The highest BCUT2D eigenvalue weighted by molar-refractivity contribution is 5.95. The highest BCUT2D eigenvalue weighted by Gasteiger charge is 2.18. The van der Waals surface area contributed by atoms with E-state index in [1.165, 1.54) is 12.1 Å². The molecule has 0 atom stereocenters. The van der Waals surface area contributed by atoms with E-state index in [9.17, 15) is 19.7 Å². The van der Waals surface area contributed by atoms with Gasteiger partial charge in [0, 0.05) is 24.6 Å². The van der Waals surface area contributed by atoms with Gasteiger partial charge in [-0.2, -0.15) is 0 Å². The molecule has 2 N–H and O–H groups in total. The van der Waals surface area contributed by atoms with Crippen LogP contribution in [-0.4, -0.2) is 35.1 Å². The SMILES string of the molecule is CCOc1ccc(C(=O)NCCCCC(=O)O)cc1[N+](=O)[O-]. The number of benzene rings is 1. The van der Waals surface area contributed by atoms with Crippen molar-refractivity contribution in [2.24, 2.45) is 0 Å². The number of amides is 1. The van der Waals surface area contributed by atoms with E-state index in [1.54, 1.807) is 6.92 Å². The molecule has 1 amide bonds. The fraction of sp³-hybridized carbons (Fsp3) is 0.429. The Morgan fingerprint density at radius 1 is 1.36 bits per heavy atom. The molecule has 0 saturated heterocycles. The van der Waals surface area contributed by atoms with E-state index < -0.39 is 16.8 Å². The highest BCUT2D eigenvalue weighted by atomic mass is 16.6. The zero-order chi connectivity index (χ0) is 16.5. The quantitative estimate of drug-likeness (QED) is 0.409. The van der Waals surface area contributed by atoms with Crippen LogP contribution in [-0.2, 0) is 4.79 Å². The monoisotopic (exact) mass is 310 g/mol. The lowest BCUT2D eigenvalue weighted by Gasteiger charge is -2.07. The van der Waals surface area contributed by atoms with Gasteiger partial charge < -0.3 is 15.2 Å². The molecule has 8 nitrogen and oxygen atoms in total. The first kappa shape index (κ1) is 17.4. The summed E-state index contributed by atoms with van der Waals surface area (Å²) in [5.74, 6) is -1.21. The van der Waals surface area contributed by atoms with E-state index >= 15 is 0 Å². The number of hydrogen-bond acceptors (Lipinski definition) is 5. The number of carbonyl (C=O) groups is 2. The van der Waals surface area contributed by atoms with Gasteiger partial charge in [-0.15, -0.1) is 0 Å². The zero-order valence-corrected chi connectivity index (χ0v) is 12.2. The van der Waals surface area contributed by atoms with Crippen LogP contribution in [0.15, 0.2) is 18.2 Å². The van der Waals surface area contributed by atoms with Gasteiger partial charge in [-0.25, -0.2) is 0 Å². The molecule has 0 aromatic heterocycles. The molecule has 0 aliphatic heterocycles. The molecule has 1 aromatic carbocycles. The summed E-state index contributed by atoms with van der Waals surface area (Å²) in [5, 5.41) is 22.1. The second-order valence-electron chi connectivity index (χ2n) is 4.48. The third kappa shape index (κ3) is 5.39. The van der Waals surface area contributed by atoms with Crippen LogP contribution in [0.1, 0.15) is 36.5 Å². The minimum atomic E-state index is -0.881. The number of nitro benzene ring substituents is 1. The van der Waals surface area contributed by atoms with Crippen molar-refractivity contribution in [2.75, 3.05) is 13.2 Å². The molecule has 0 aliphatic carbocycles. The average Bonchev–Trinajstić information content (AvgIpc) is 2.46. The molecule has 0 unspecified atom stereocenters. The van der Waals surface area contributed by atoms with Crippen molar-refractivity contribution < 1.29 is 24.4 Å². The first-order valence-electron chi connectivity index (χ1n) is 6.87. The predicted octanol–water partition coefficient (Wildman–Crippen LogP) is 1.98. The number of unbranched alkanes of at least 4 members (excludes halogenated alkanes) is 1. The van der Waals surface area contributed by atoms with Crippen molar-refractivity contribution in [1.29, 1.82) is 0 Å². The lowest BCUT2D eigenvalue weighted by atomic mass is 10.1. The Bertz CT molecular complexity index is 558. The lowest BCUT2D eigenvalue weighted by Crippen LogP contribution is -2.24. The van der Waals surface area contributed by atoms with E-state index in [2.05, 4.69) is 5.32 Å². The first-order valence-corrected chi connectivity index (χ1v) is 6.87.